The van der Waals surface area contributed by atoms with Crippen LogP contribution >= 0.6 is 0 Å². The van der Waals surface area contributed by atoms with Crippen molar-refractivity contribution in [3.63, 3.8) is 0 Å². The number of hydrogen-bond acceptors (Lipinski definition) is 4. The number of hydrogen-bond donors (Lipinski definition) is 0. The molecule has 0 N–H and O–H groups in total. The van der Waals surface area contributed by atoms with E-state index in [1.54, 1.807) is 0 Å². The van der Waals surface area contributed by atoms with Crippen LogP contribution in [0.3, 0.4) is 0 Å². The van der Waals surface area contributed by atoms with Crippen molar-refractivity contribution in [2.75, 3.05) is 6.61 Å². The molecule has 0 fully saturated rings. The third-order valence-corrected chi connectivity index (χ3v) is 3.75. The first-order valence-corrected chi connectivity index (χ1v) is 10.3. The lowest BCUT2D eigenvalue weighted by atomic mass is 10.1. The molecule has 0 aliphatic carbocycles. The Balaban J connectivity index is 0. The molecule has 0 aromatic carbocycles. The monoisotopic (exact) mass is 398 g/mol. The fourth-order valence-corrected chi connectivity index (χ4v) is 2.39. The van der Waals surface area contributed by atoms with Crippen molar-refractivity contribution in [3.05, 3.63) is 0 Å². The minimum Gasteiger partial charge on any atom is -0.466 e. The predicted molar refractivity (Wildman–Crippen MR) is 100 cm³/mol. The predicted octanol–water partition coefficient (Wildman–Crippen LogP) is 6.71. The van der Waals surface area contributed by atoms with Crippen LogP contribution in [0, 0.1) is 0 Å². The maximum atomic E-state index is 11.8. The van der Waals surface area contributed by atoms with Crippen LogP contribution in [0.4, 0.5) is 13.2 Å². The molecule has 0 radical (unpaired) electrons. The molecule has 0 saturated heterocycles. The van der Waals surface area contributed by atoms with Crippen LogP contribution in [0.15, 0.2) is 0 Å². The van der Waals surface area contributed by atoms with Gasteiger partial charge in [-0.2, -0.15) is 0 Å². The average Bonchev–Trinajstić information content (AvgIpc) is 2.60. The van der Waals surface area contributed by atoms with Crippen LogP contribution in [-0.4, -0.2) is 24.9 Å². The van der Waals surface area contributed by atoms with Gasteiger partial charge in [0.15, 0.2) is 0 Å². The van der Waals surface area contributed by atoms with Gasteiger partial charge in [0.2, 0.25) is 0 Å². The lowest BCUT2D eigenvalue weighted by Crippen LogP contribution is -2.18. The highest BCUT2D eigenvalue weighted by Gasteiger charge is 2.33. The van der Waals surface area contributed by atoms with E-state index in [1.165, 1.54) is 12.8 Å². The number of carbonyl (C=O) groups is 2. The number of ether oxygens (including phenoxy) is 2. The zero-order chi connectivity index (χ0) is 21.0. The highest BCUT2D eigenvalue weighted by Crippen LogP contribution is 2.18. The molecular formula is C20H37F3O4. The molecule has 27 heavy (non-hydrogen) atoms. The first-order valence-electron chi connectivity index (χ1n) is 10.3. The molecule has 0 rings (SSSR count). The molecule has 0 aromatic rings. The van der Waals surface area contributed by atoms with Gasteiger partial charge in [-0.05, 0) is 19.3 Å². The van der Waals surface area contributed by atoms with Crippen molar-refractivity contribution < 1.29 is 32.2 Å². The second-order valence-electron chi connectivity index (χ2n) is 6.18. The normalized spacial score (nSPS) is 10.7. The summed E-state index contributed by atoms with van der Waals surface area (Å²) < 4.78 is 43.7. The quantitative estimate of drug-likeness (QED) is 0.227. The lowest BCUT2D eigenvalue weighted by Gasteiger charge is -2.07. The zero-order valence-electron chi connectivity index (χ0n) is 17.2. The average molecular weight is 399 g/mol. The van der Waals surface area contributed by atoms with E-state index in [9.17, 15) is 22.8 Å². The Hall–Kier alpha value is -1.27. The molecule has 0 aliphatic heterocycles. The number of alkyl halides is 3. The molecule has 0 atom stereocenters. The lowest BCUT2D eigenvalue weighted by molar-refractivity contribution is -0.305. The molecule has 162 valence electrons. The fraction of sp³-hybridized carbons (Fsp3) is 0.900. The minimum absolute atomic E-state index is 0.139. The Morgan fingerprint density at radius 1 is 0.704 bits per heavy atom. The second kappa shape index (κ2) is 19.5. The highest BCUT2D eigenvalue weighted by atomic mass is 19.4. The number of carbonyl (C=O) groups excluding carboxylic acids is 2. The summed E-state index contributed by atoms with van der Waals surface area (Å²) in [7, 11) is 0. The van der Waals surface area contributed by atoms with Gasteiger partial charge in [0, 0.05) is 12.8 Å². The van der Waals surface area contributed by atoms with Gasteiger partial charge in [-0.1, -0.05) is 72.1 Å². The fourth-order valence-electron chi connectivity index (χ4n) is 2.39. The van der Waals surface area contributed by atoms with E-state index in [0.717, 1.165) is 44.9 Å². The van der Waals surface area contributed by atoms with Crippen LogP contribution in [0.2, 0.25) is 0 Å². The topological polar surface area (TPSA) is 52.6 Å². The first-order chi connectivity index (χ1) is 12.8. The van der Waals surface area contributed by atoms with E-state index in [0.29, 0.717) is 25.9 Å². The van der Waals surface area contributed by atoms with Crippen molar-refractivity contribution in [2.24, 2.45) is 0 Å². The van der Waals surface area contributed by atoms with Crippen LogP contribution < -0.4 is 0 Å². The van der Waals surface area contributed by atoms with Crippen molar-refractivity contribution in [3.8, 4) is 0 Å². The van der Waals surface area contributed by atoms with Gasteiger partial charge in [0.1, 0.15) is 0 Å². The minimum atomic E-state index is -4.88. The number of unbranched alkanes of at least 4 members (excludes halogenated alkanes) is 9. The standard InChI is InChI=1S/C18H31F3O4.C2H6/c1-2-3-4-7-10-13-16(22)24-15-12-9-6-5-8-11-14-17(23)25-18(19,20)21;1-2/h2-15H2,1H3;1-2H3. The number of halogens is 3. The van der Waals surface area contributed by atoms with E-state index in [2.05, 4.69) is 11.7 Å². The van der Waals surface area contributed by atoms with E-state index in [1.807, 2.05) is 13.8 Å². The van der Waals surface area contributed by atoms with Crippen LogP contribution in [-0.2, 0) is 19.1 Å². The van der Waals surface area contributed by atoms with E-state index in [-0.39, 0.29) is 12.4 Å². The Morgan fingerprint density at radius 2 is 1.15 bits per heavy atom. The van der Waals surface area contributed by atoms with Crippen molar-refractivity contribution in [2.45, 2.75) is 111 Å². The summed E-state index contributed by atoms with van der Waals surface area (Å²) in [6.07, 6.45) is 5.40. The summed E-state index contributed by atoms with van der Waals surface area (Å²) >= 11 is 0. The van der Waals surface area contributed by atoms with Crippen molar-refractivity contribution in [1.82, 2.24) is 0 Å². The first kappa shape index (κ1) is 27.9. The molecule has 0 unspecified atom stereocenters. The van der Waals surface area contributed by atoms with Crippen LogP contribution in [0.5, 0.6) is 0 Å². The molecule has 4 nitrogen and oxygen atoms in total. The number of esters is 2. The van der Waals surface area contributed by atoms with Gasteiger partial charge in [0.05, 0.1) is 6.61 Å². The summed E-state index contributed by atoms with van der Waals surface area (Å²) in [5.74, 6) is -1.37. The zero-order valence-corrected chi connectivity index (χ0v) is 17.2. The Labute approximate surface area is 162 Å². The van der Waals surface area contributed by atoms with Gasteiger partial charge >= 0.3 is 18.3 Å². The maximum absolute atomic E-state index is 11.8. The molecular weight excluding hydrogens is 361 g/mol. The van der Waals surface area contributed by atoms with Gasteiger partial charge in [-0.15, -0.1) is 13.2 Å². The van der Waals surface area contributed by atoms with Gasteiger partial charge in [-0.25, -0.2) is 0 Å². The SMILES string of the molecule is CC.CCCCCCCC(=O)OCCCCCCCCC(=O)OC(F)(F)F. The summed E-state index contributed by atoms with van der Waals surface area (Å²) in [4.78, 5) is 22.3. The van der Waals surface area contributed by atoms with E-state index < -0.39 is 12.3 Å². The van der Waals surface area contributed by atoms with E-state index >= 15 is 0 Å². The molecule has 0 aliphatic rings. The second-order valence-corrected chi connectivity index (χ2v) is 6.18. The largest absolute Gasteiger partial charge is 0.575 e. The molecule has 0 bridgehead atoms. The molecule has 0 amide bonds. The van der Waals surface area contributed by atoms with Crippen molar-refractivity contribution in [1.29, 1.82) is 0 Å². The third kappa shape index (κ3) is 24.7. The molecule has 0 heterocycles. The summed E-state index contributed by atoms with van der Waals surface area (Å²) in [5.41, 5.74) is 0. The summed E-state index contributed by atoms with van der Waals surface area (Å²) in [6.45, 7) is 6.57. The van der Waals surface area contributed by atoms with Gasteiger partial charge in [-0.3, -0.25) is 9.59 Å². The Morgan fingerprint density at radius 3 is 1.67 bits per heavy atom. The molecule has 0 spiro atoms. The van der Waals surface area contributed by atoms with Crippen LogP contribution in [0.25, 0.3) is 0 Å². The highest BCUT2D eigenvalue weighted by molar-refractivity contribution is 5.69. The van der Waals surface area contributed by atoms with Crippen molar-refractivity contribution >= 4 is 11.9 Å². The molecule has 7 heteroatoms. The van der Waals surface area contributed by atoms with Crippen LogP contribution in [0.1, 0.15) is 104 Å². The summed E-state index contributed by atoms with van der Waals surface area (Å²) in [5, 5.41) is 0. The Kier molecular flexibility index (Phi) is 20.2. The van der Waals surface area contributed by atoms with Gasteiger partial charge in [0.25, 0.3) is 0 Å². The van der Waals surface area contributed by atoms with E-state index in [4.69, 9.17) is 4.74 Å². The maximum Gasteiger partial charge on any atom is 0.575 e. The Bertz CT molecular complexity index is 358. The van der Waals surface area contributed by atoms with Gasteiger partial charge < -0.3 is 9.47 Å². The third-order valence-electron chi connectivity index (χ3n) is 3.75. The molecule has 0 aromatic heterocycles. The summed E-state index contributed by atoms with van der Waals surface area (Å²) in [6, 6.07) is 0. The molecule has 0 saturated carbocycles. The number of rotatable bonds is 15. The smallest absolute Gasteiger partial charge is 0.466 e.